The molecule has 2 aromatic rings. The third-order valence-electron chi connectivity index (χ3n) is 5.40. The minimum Gasteiger partial charge on any atom is -0.495 e. The van der Waals surface area contributed by atoms with E-state index in [2.05, 4.69) is 0 Å². The van der Waals surface area contributed by atoms with Gasteiger partial charge in [0.1, 0.15) is 17.4 Å². The van der Waals surface area contributed by atoms with Crippen LogP contribution < -0.4 is 14.5 Å². The summed E-state index contributed by atoms with van der Waals surface area (Å²) >= 11 is 0. The van der Waals surface area contributed by atoms with E-state index in [0.29, 0.717) is 44.2 Å². The molecule has 2 amide bonds. The van der Waals surface area contributed by atoms with Crippen molar-refractivity contribution in [3.63, 3.8) is 0 Å². The SMILES string of the molecule is CCN(C(=O)N1CCN(c2cc(F)cc(F)c2)CC1)c1cc(C)c(C)cc1OC. The average molecular weight is 403 g/mol. The first-order valence-corrected chi connectivity index (χ1v) is 9.76. The molecule has 0 radical (unpaired) electrons. The summed E-state index contributed by atoms with van der Waals surface area (Å²) in [7, 11) is 1.60. The van der Waals surface area contributed by atoms with E-state index >= 15 is 0 Å². The molecule has 2 aromatic carbocycles. The van der Waals surface area contributed by atoms with E-state index in [1.165, 1.54) is 12.1 Å². The minimum atomic E-state index is -0.600. The molecule has 1 heterocycles. The van der Waals surface area contributed by atoms with Crippen LogP contribution in [0.2, 0.25) is 0 Å². The molecule has 0 unspecified atom stereocenters. The number of rotatable bonds is 4. The lowest BCUT2D eigenvalue weighted by Crippen LogP contribution is -2.53. The Labute approximate surface area is 170 Å². The lowest BCUT2D eigenvalue weighted by Gasteiger charge is -2.38. The molecule has 0 atom stereocenters. The first-order valence-electron chi connectivity index (χ1n) is 9.76. The van der Waals surface area contributed by atoms with Crippen LogP contribution >= 0.6 is 0 Å². The van der Waals surface area contributed by atoms with Gasteiger partial charge < -0.3 is 14.5 Å². The second-order valence-electron chi connectivity index (χ2n) is 7.24. The van der Waals surface area contributed by atoms with Gasteiger partial charge in [0, 0.05) is 44.5 Å². The normalized spacial score (nSPS) is 14.1. The molecule has 3 rings (SSSR count). The molecule has 156 valence electrons. The summed E-state index contributed by atoms with van der Waals surface area (Å²) < 4.78 is 32.5. The number of amides is 2. The quantitative estimate of drug-likeness (QED) is 0.761. The molecule has 0 saturated carbocycles. The maximum atomic E-state index is 13.5. The molecule has 1 aliphatic heterocycles. The van der Waals surface area contributed by atoms with Crippen molar-refractivity contribution in [3.05, 3.63) is 53.1 Å². The van der Waals surface area contributed by atoms with Crippen LogP contribution in [0.15, 0.2) is 30.3 Å². The van der Waals surface area contributed by atoms with Crippen LogP contribution in [0.4, 0.5) is 25.0 Å². The van der Waals surface area contributed by atoms with E-state index in [9.17, 15) is 13.6 Å². The van der Waals surface area contributed by atoms with Crippen LogP contribution in [0, 0.1) is 25.5 Å². The fraction of sp³-hybridized carbons (Fsp3) is 0.409. The number of hydrogen-bond donors (Lipinski definition) is 0. The minimum absolute atomic E-state index is 0.0980. The standard InChI is InChI=1S/C22H27F2N3O2/c1-5-27(20-10-15(2)16(3)11-21(20)29-4)22(28)26-8-6-25(7-9-26)19-13-17(23)12-18(24)14-19/h10-14H,5-9H2,1-4H3. The van der Waals surface area contributed by atoms with Gasteiger partial charge >= 0.3 is 6.03 Å². The van der Waals surface area contributed by atoms with Gasteiger partial charge in [-0.1, -0.05) is 0 Å². The summed E-state index contributed by atoms with van der Waals surface area (Å²) in [6.45, 7) is 8.42. The summed E-state index contributed by atoms with van der Waals surface area (Å²) in [4.78, 5) is 18.6. The fourth-order valence-corrected chi connectivity index (χ4v) is 3.61. The lowest BCUT2D eigenvalue weighted by molar-refractivity contribution is 0.201. The number of ether oxygens (including phenoxy) is 1. The number of anilines is 2. The predicted molar refractivity (Wildman–Crippen MR) is 111 cm³/mol. The first-order chi connectivity index (χ1) is 13.8. The van der Waals surface area contributed by atoms with Crippen LogP contribution in [-0.4, -0.2) is 50.8 Å². The fourth-order valence-electron chi connectivity index (χ4n) is 3.61. The molecule has 5 nitrogen and oxygen atoms in total. The van der Waals surface area contributed by atoms with Crippen molar-refractivity contribution in [2.75, 3.05) is 49.6 Å². The summed E-state index contributed by atoms with van der Waals surface area (Å²) in [5, 5.41) is 0. The molecule has 0 spiro atoms. The molecule has 1 saturated heterocycles. The molecule has 0 bridgehead atoms. The maximum Gasteiger partial charge on any atom is 0.324 e. The maximum absolute atomic E-state index is 13.5. The molecule has 1 aliphatic rings. The van der Waals surface area contributed by atoms with E-state index in [1.807, 2.05) is 37.8 Å². The van der Waals surface area contributed by atoms with E-state index in [-0.39, 0.29) is 6.03 Å². The number of nitrogens with zero attached hydrogens (tertiary/aromatic N) is 3. The highest BCUT2D eigenvalue weighted by atomic mass is 19.1. The Hall–Kier alpha value is -2.83. The third kappa shape index (κ3) is 4.44. The van der Waals surface area contributed by atoms with Crippen molar-refractivity contribution >= 4 is 17.4 Å². The van der Waals surface area contributed by atoms with Gasteiger partial charge in [0.05, 0.1) is 12.8 Å². The topological polar surface area (TPSA) is 36.0 Å². The highest BCUT2D eigenvalue weighted by Crippen LogP contribution is 2.32. The summed E-state index contributed by atoms with van der Waals surface area (Å²) in [5.74, 6) is -0.535. The number of urea groups is 1. The highest BCUT2D eigenvalue weighted by molar-refractivity contribution is 5.94. The first kappa shape index (κ1) is 20.9. The molecular formula is C22H27F2N3O2. The van der Waals surface area contributed by atoms with Crippen molar-refractivity contribution in [2.45, 2.75) is 20.8 Å². The Morgan fingerprint density at radius 3 is 2.14 bits per heavy atom. The Bertz CT molecular complexity index is 876. The zero-order chi connectivity index (χ0) is 21.1. The number of piperazine rings is 1. The Kier molecular flexibility index (Phi) is 6.25. The largest absolute Gasteiger partial charge is 0.495 e. The summed E-state index contributed by atoms with van der Waals surface area (Å²) in [5.41, 5.74) is 3.44. The Morgan fingerprint density at radius 1 is 1.00 bits per heavy atom. The molecule has 0 aromatic heterocycles. The smallest absolute Gasteiger partial charge is 0.324 e. The van der Waals surface area contributed by atoms with Crippen molar-refractivity contribution in [1.29, 1.82) is 0 Å². The second-order valence-corrected chi connectivity index (χ2v) is 7.24. The van der Waals surface area contributed by atoms with Gasteiger partial charge in [0.25, 0.3) is 0 Å². The highest BCUT2D eigenvalue weighted by Gasteiger charge is 2.27. The van der Waals surface area contributed by atoms with Crippen LogP contribution in [0.3, 0.4) is 0 Å². The zero-order valence-corrected chi connectivity index (χ0v) is 17.3. The van der Waals surface area contributed by atoms with Gasteiger partial charge in [-0.2, -0.15) is 0 Å². The number of methoxy groups -OCH3 is 1. The number of halogens is 2. The predicted octanol–water partition coefficient (Wildman–Crippen LogP) is 4.36. The van der Waals surface area contributed by atoms with Gasteiger partial charge in [-0.3, -0.25) is 4.90 Å². The summed E-state index contributed by atoms with van der Waals surface area (Å²) in [6.07, 6.45) is 0. The van der Waals surface area contributed by atoms with Gasteiger partial charge in [-0.25, -0.2) is 13.6 Å². The van der Waals surface area contributed by atoms with Gasteiger partial charge in [-0.15, -0.1) is 0 Å². The Balaban J connectivity index is 1.75. The van der Waals surface area contributed by atoms with Crippen LogP contribution in [0.1, 0.15) is 18.1 Å². The van der Waals surface area contributed by atoms with E-state index in [1.54, 1.807) is 16.9 Å². The van der Waals surface area contributed by atoms with E-state index < -0.39 is 11.6 Å². The van der Waals surface area contributed by atoms with Crippen molar-refractivity contribution < 1.29 is 18.3 Å². The summed E-state index contributed by atoms with van der Waals surface area (Å²) in [6, 6.07) is 7.31. The molecule has 29 heavy (non-hydrogen) atoms. The second kappa shape index (κ2) is 8.68. The zero-order valence-electron chi connectivity index (χ0n) is 17.3. The third-order valence-corrected chi connectivity index (χ3v) is 5.40. The molecule has 1 fully saturated rings. The average Bonchev–Trinajstić information content (AvgIpc) is 2.70. The number of aryl methyl sites for hydroxylation is 2. The van der Waals surface area contributed by atoms with E-state index in [4.69, 9.17) is 4.74 Å². The van der Waals surface area contributed by atoms with Gasteiger partial charge in [0.15, 0.2) is 0 Å². The monoisotopic (exact) mass is 403 g/mol. The van der Waals surface area contributed by atoms with Crippen LogP contribution in [-0.2, 0) is 0 Å². The van der Waals surface area contributed by atoms with Crippen molar-refractivity contribution in [3.8, 4) is 5.75 Å². The molecular weight excluding hydrogens is 376 g/mol. The van der Waals surface area contributed by atoms with Crippen LogP contribution in [0.25, 0.3) is 0 Å². The van der Waals surface area contributed by atoms with Crippen molar-refractivity contribution in [1.82, 2.24) is 4.90 Å². The van der Waals surface area contributed by atoms with E-state index in [0.717, 1.165) is 22.9 Å². The van der Waals surface area contributed by atoms with Crippen LogP contribution in [0.5, 0.6) is 5.75 Å². The molecule has 0 aliphatic carbocycles. The number of carbonyl (C=O) groups excluding carboxylic acids is 1. The number of benzene rings is 2. The molecule has 7 heteroatoms. The number of hydrogen-bond acceptors (Lipinski definition) is 3. The van der Waals surface area contributed by atoms with Gasteiger partial charge in [0.2, 0.25) is 0 Å². The van der Waals surface area contributed by atoms with Gasteiger partial charge in [-0.05, 0) is 56.2 Å². The molecule has 0 N–H and O–H groups in total. The van der Waals surface area contributed by atoms with Crippen molar-refractivity contribution in [2.24, 2.45) is 0 Å². The Morgan fingerprint density at radius 2 is 1.59 bits per heavy atom. The lowest BCUT2D eigenvalue weighted by atomic mass is 10.1. The number of carbonyl (C=O) groups is 1.